The van der Waals surface area contributed by atoms with Crippen LogP contribution in [0.25, 0.3) is 0 Å². The molecule has 1 amide bonds. The van der Waals surface area contributed by atoms with Gasteiger partial charge in [-0.15, -0.1) is 0 Å². The number of hydrogen-bond donors (Lipinski definition) is 1. The standard InChI is InChI=1S/C19H35N3O/c1-15-7-9-16(10-8-15)20-19(23)17-5-3-4-6-18(17)22-13-11-21(2)12-14-22/h15-18H,3-14H2,1-2H3,(H,20,23). The molecule has 1 heterocycles. The van der Waals surface area contributed by atoms with E-state index in [2.05, 4.69) is 29.1 Å². The topological polar surface area (TPSA) is 35.6 Å². The Morgan fingerprint density at radius 2 is 1.57 bits per heavy atom. The van der Waals surface area contributed by atoms with Crippen molar-refractivity contribution in [2.45, 2.75) is 70.4 Å². The van der Waals surface area contributed by atoms with Gasteiger partial charge in [-0.05, 0) is 51.5 Å². The molecule has 4 nitrogen and oxygen atoms in total. The van der Waals surface area contributed by atoms with Crippen molar-refractivity contribution in [2.24, 2.45) is 11.8 Å². The Morgan fingerprint density at radius 1 is 0.913 bits per heavy atom. The Balaban J connectivity index is 1.56. The minimum absolute atomic E-state index is 0.228. The number of hydrogen-bond acceptors (Lipinski definition) is 3. The van der Waals surface area contributed by atoms with E-state index in [1.165, 1.54) is 44.9 Å². The molecule has 0 aromatic carbocycles. The van der Waals surface area contributed by atoms with E-state index in [0.717, 1.165) is 38.5 Å². The molecule has 1 saturated heterocycles. The summed E-state index contributed by atoms with van der Waals surface area (Å²) in [5.41, 5.74) is 0. The lowest BCUT2D eigenvalue weighted by molar-refractivity contribution is -0.130. The molecule has 2 saturated carbocycles. The lowest BCUT2D eigenvalue weighted by atomic mass is 9.81. The van der Waals surface area contributed by atoms with Gasteiger partial charge < -0.3 is 10.2 Å². The smallest absolute Gasteiger partial charge is 0.224 e. The molecule has 3 rings (SSSR count). The highest BCUT2D eigenvalue weighted by Gasteiger charge is 2.36. The molecule has 1 N–H and O–H groups in total. The largest absolute Gasteiger partial charge is 0.353 e. The third-order valence-electron chi connectivity index (χ3n) is 6.44. The number of rotatable bonds is 3. The summed E-state index contributed by atoms with van der Waals surface area (Å²) >= 11 is 0. The highest BCUT2D eigenvalue weighted by atomic mass is 16.2. The summed E-state index contributed by atoms with van der Waals surface area (Å²) in [6.07, 6.45) is 9.73. The zero-order valence-electron chi connectivity index (χ0n) is 15.1. The molecule has 0 aromatic heterocycles. The minimum atomic E-state index is 0.228. The molecule has 3 aliphatic rings. The van der Waals surface area contributed by atoms with Gasteiger partial charge in [0.2, 0.25) is 5.91 Å². The van der Waals surface area contributed by atoms with Crippen LogP contribution in [0, 0.1) is 11.8 Å². The molecule has 132 valence electrons. The summed E-state index contributed by atoms with van der Waals surface area (Å²) in [6.45, 7) is 6.89. The van der Waals surface area contributed by atoms with Crippen molar-refractivity contribution in [3.05, 3.63) is 0 Å². The van der Waals surface area contributed by atoms with Crippen molar-refractivity contribution >= 4 is 5.91 Å². The number of amides is 1. The van der Waals surface area contributed by atoms with Gasteiger partial charge in [0.05, 0.1) is 5.92 Å². The van der Waals surface area contributed by atoms with Crippen molar-refractivity contribution in [3.63, 3.8) is 0 Å². The first-order valence-corrected chi connectivity index (χ1v) is 9.86. The number of piperazine rings is 1. The Morgan fingerprint density at radius 3 is 2.26 bits per heavy atom. The van der Waals surface area contributed by atoms with E-state index < -0.39 is 0 Å². The molecule has 2 atom stereocenters. The van der Waals surface area contributed by atoms with Crippen LogP contribution in [0.2, 0.25) is 0 Å². The predicted molar refractivity (Wildman–Crippen MR) is 94.4 cm³/mol. The predicted octanol–water partition coefficient (Wildman–Crippen LogP) is 2.49. The third-order valence-corrected chi connectivity index (χ3v) is 6.44. The van der Waals surface area contributed by atoms with Crippen molar-refractivity contribution < 1.29 is 4.79 Å². The summed E-state index contributed by atoms with van der Waals surface area (Å²) in [5, 5.41) is 3.41. The van der Waals surface area contributed by atoms with Gasteiger partial charge in [0.15, 0.2) is 0 Å². The molecule has 23 heavy (non-hydrogen) atoms. The van der Waals surface area contributed by atoms with Crippen LogP contribution in [0.4, 0.5) is 0 Å². The molecule has 0 aromatic rings. The molecule has 2 aliphatic carbocycles. The van der Waals surface area contributed by atoms with E-state index in [1.807, 2.05) is 0 Å². The lowest BCUT2D eigenvalue weighted by Crippen LogP contribution is -2.55. The van der Waals surface area contributed by atoms with E-state index in [9.17, 15) is 4.79 Å². The van der Waals surface area contributed by atoms with E-state index in [1.54, 1.807) is 0 Å². The maximum absolute atomic E-state index is 12.9. The van der Waals surface area contributed by atoms with E-state index in [-0.39, 0.29) is 5.92 Å². The maximum atomic E-state index is 12.9. The van der Waals surface area contributed by atoms with Crippen LogP contribution in [-0.2, 0) is 4.79 Å². The highest BCUT2D eigenvalue weighted by Crippen LogP contribution is 2.30. The number of carbonyl (C=O) groups excluding carboxylic acids is 1. The quantitative estimate of drug-likeness (QED) is 0.867. The van der Waals surface area contributed by atoms with Crippen molar-refractivity contribution in [2.75, 3.05) is 33.2 Å². The molecule has 4 heteroatoms. The second-order valence-corrected chi connectivity index (χ2v) is 8.26. The van der Waals surface area contributed by atoms with Gasteiger partial charge >= 0.3 is 0 Å². The monoisotopic (exact) mass is 321 g/mol. The van der Waals surface area contributed by atoms with Crippen LogP contribution in [0.5, 0.6) is 0 Å². The fraction of sp³-hybridized carbons (Fsp3) is 0.947. The minimum Gasteiger partial charge on any atom is -0.353 e. The summed E-state index contributed by atoms with van der Waals surface area (Å²) in [6, 6.07) is 0.925. The Kier molecular flexibility index (Phi) is 5.97. The van der Waals surface area contributed by atoms with Crippen LogP contribution in [-0.4, -0.2) is 61.0 Å². The Hall–Kier alpha value is -0.610. The van der Waals surface area contributed by atoms with E-state index in [4.69, 9.17) is 0 Å². The van der Waals surface area contributed by atoms with Crippen molar-refractivity contribution in [1.29, 1.82) is 0 Å². The van der Waals surface area contributed by atoms with E-state index >= 15 is 0 Å². The third kappa shape index (κ3) is 4.48. The average Bonchev–Trinajstić information content (AvgIpc) is 2.58. The molecule has 0 radical (unpaired) electrons. The average molecular weight is 322 g/mol. The molecular weight excluding hydrogens is 286 g/mol. The van der Waals surface area contributed by atoms with Gasteiger partial charge in [-0.3, -0.25) is 9.69 Å². The number of nitrogens with one attached hydrogen (secondary N) is 1. The Bertz CT molecular complexity index is 384. The molecule has 3 fully saturated rings. The summed E-state index contributed by atoms with van der Waals surface area (Å²) < 4.78 is 0. The van der Waals surface area contributed by atoms with Gasteiger partial charge in [-0.25, -0.2) is 0 Å². The van der Waals surface area contributed by atoms with Crippen LogP contribution < -0.4 is 5.32 Å². The lowest BCUT2D eigenvalue weighted by Gasteiger charge is -2.43. The van der Waals surface area contributed by atoms with Gasteiger partial charge in [0.25, 0.3) is 0 Å². The fourth-order valence-electron chi connectivity index (χ4n) is 4.72. The SMILES string of the molecule is CC1CCC(NC(=O)C2CCCCC2N2CCN(C)CC2)CC1. The first kappa shape index (κ1) is 17.2. The molecule has 2 unspecified atom stereocenters. The number of nitrogens with zero attached hydrogens (tertiary/aromatic N) is 2. The zero-order chi connectivity index (χ0) is 16.2. The van der Waals surface area contributed by atoms with Crippen molar-refractivity contribution in [3.8, 4) is 0 Å². The van der Waals surface area contributed by atoms with Crippen LogP contribution in [0.1, 0.15) is 58.3 Å². The Labute approximate surface area is 142 Å². The van der Waals surface area contributed by atoms with Gasteiger partial charge in [-0.1, -0.05) is 19.8 Å². The normalized spacial score (nSPS) is 37.5. The zero-order valence-corrected chi connectivity index (χ0v) is 15.1. The van der Waals surface area contributed by atoms with Crippen molar-refractivity contribution in [1.82, 2.24) is 15.1 Å². The van der Waals surface area contributed by atoms with Crippen LogP contribution in [0.3, 0.4) is 0 Å². The van der Waals surface area contributed by atoms with Gasteiger partial charge in [0, 0.05) is 38.3 Å². The second kappa shape index (κ2) is 7.98. The summed E-state index contributed by atoms with van der Waals surface area (Å²) in [4.78, 5) is 17.9. The molecule has 1 aliphatic heterocycles. The first-order valence-electron chi connectivity index (χ1n) is 9.86. The maximum Gasteiger partial charge on any atom is 0.224 e. The van der Waals surface area contributed by atoms with Crippen LogP contribution >= 0.6 is 0 Å². The van der Waals surface area contributed by atoms with E-state index in [0.29, 0.717) is 18.0 Å². The molecule has 0 spiro atoms. The summed E-state index contributed by atoms with van der Waals surface area (Å²) in [5.74, 6) is 1.43. The van der Waals surface area contributed by atoms with Gasteiger partial charge in [0.1, 0.15) is 0 Å². The highest BCUT2D eigenvalue weighted by molar-refractivity contribution is 5.79. The first-order chi connectivity index (χ1) is 11.1. The van der Waals surface area contributed by atoms with Crippen LogP contribution in [0.15, 0.2) is 0 Å². The number of carbonyl (C=O) groups is 1. The fourth-order valence-corrected chi connectivity index (χ4v) is 4.72. The number of likely N-dealkylation sites (N-methyl/N-ethyl adjacent to an activating group) is 1. The van der Waals surface area contributed by atoms with Gasteiger partial charge in [-0.2, -0.15) is 0 Å². The molecular formula is C19H35N3O. The second-order valence-electron chi connectivity index (χ2n) is 8.26. The summed E-state index contributed by atoms with van der Waals surface area (Å²) in [7, 11) is 2.20. The molecule has 0 bridgehead atoms.